The highest BCUT2D eigenvalue weighted by molar-refractivity contribution is 5.80. The smallest absolute Gasteiger partial charge is 0.183 e. The number of fused-ring (bicyclic) bond motifs is 1. The molecule has 0 radical (unpaired) electrons. The van der Waals surface area contributed by atoms with Gasteiger partial charge in [-0.1, -0.05) is 0 Å². The van der Waals surface area contributed by atoms with Gasteiger partial charge in [0, 0.05) is 25.1 Å². The molecule has 20 heavy (non-hydrogen) atoms. The molecule has 0 fully saturated rings. The second-order valence-corrected chi connectivity index (χ2v) is 4.37. The Kier molecular flexibility index (Phi) is 3.21. The van der Waals surface area contributed by atoms with Gasteiger partial charge < -0.3 is 16.0 Å². The number of nitrogens with two attached hydrogens (primary N) is 1. The molecule has 3 aromatic heterocycles. The van der Waals surface area contributed by atoms with Crippen LogP contribution < -0.4 is 11.1 Å². The van der Waals surface area contributed by atoms with Crippen molar-refractivity contribution in [1.82, 2.24) is 35.2 Å². The van der Waals surface area contributed by atoms with E-state index >= 15 is 0 Å². The summed E-state index contributed by atoms with van der Waals surface area (Å²) in [5, 5.41) is 3.28. The maximum atomic E-state index is 5.87. The number of nitrogens with zero attached hydrogens (tertiary/aromatic N) is 5. The second-order valence-electron chi connectivity index (χ2n) is 4.37. The van der Waals surface area contributed by atoms with Gasteiger partial charge in [-0.15, -0.1) is 0 Å². The highest BCUT2D eigenvalue weighted by Gasteiger charge is 2.13. The van der Waals surface area contributed by atoms with E-state index in [1.165, 1.54) is 0 Å². The summed E-state index contributed by atoms with van der Waals surface area (Å²) in [6.45, 7) is 2.54. The maximum Gasteiger partial charge on any atom is 0.183 e. The monoisotopic (exact) mass is 270 g/mol. The van der Waals surface area contributed by atoms with Crippen molar-refractivity contribution in [2.45, 2.75) is 19.5 Å². The second kappa shape index (κ2) is 5.17. The van der Waals surface area contributed by atoms with Crippen LogP contribution in [-0.2, 0) is 6.54 Å². The van der Waals surface area contributed by atoms with Crippen molar-refractivity contribution < 1.29 is 0 Å². The largest absolute Gasteiger partial charge is 0.382 e. The number of imidazole rings is 1. The van der Waals surface area contributed by atoms with Crippen molar-refractivity contribution >= 4 is 17.0 Å². The van der Waals surface area contributed by atoms with Crippen LogP contribution in [0.4, 0.5) is 5.82 Å². The molecule has 0 aromatic carbocycles. The molecule has 0 amide bonds. The maximum absolute atomic E-state index is 5.87. The summed E-state index contributed by atoms with van der Waals surface area (Å²) in [5.74, 6) is 1.00. The van der Waals surface area contributed by atoms with Gasteiger partial charge in [0.25, 0.3) is 0 Å². The van der Waals surface area contributed by atoms with Gasteiger partial charge in [-0.25, -0.2) is 15.0 Å². The van der Waals surface area contributed by atoms with Crippen molar-refractivity contribution in [2.24, 2.45) is 0 Å². The Bertz CT molecular complexity index is 708. The zero-order valence-electron chi connectivity index (χ0n) is 10.9. The summed E-state index contributed by atoms with van der Waals surface area (Å²) < 4.78 is 0. The molecule has 4 N–H and O–H groups in total. The van der Waals surface area contributed by atoms with Crippen LogP contribution in [0, 0.1) is 0 Å². The molecule has 3 aromatic rings. The molecule has 0 aliphatic carbocycles. The van der Waals surface area contributed by atoms with Crippen LogP contribution >= 0.6 is 0 Å². The molecular weight excluding hydrogens is 256 g/mol. The van der Waals surface area contributed by atoms with Crippen molar-refractivity contribution in [1.29, 1.82) is 0 Å². The first-order chi connectivity index (χ1) is 9.74. The third-order valence-electron chi connectivity index (χ3n) is 2.92. The van der Waals surface area contributed by atoms with Crippen LogP contribution in [-0.4, -0.2) is 29.9 Å². The van der Waals surface area contributed by atoms with E-state index in [0.717, 1.165) is 5.69 Å². The topological polar surface area (TPSA) is 118 Å². The quantitative estimate of drug-likeness (QED) is 0.634. The third kappa shape index (κ3) is 2.41. The molecule has 3 rings (SSSR count). The fraction of sp³-hybridized carbons (Fsp3) is 0.250. The zero-order chi connectivity index (χ0) is 13.9. The number of anilines is 1. The van der Waals surface area contributed by atoms with Gasteiger partial charge in [0.1, 0.15) is 11.3 Å². The Labute approximate surface area is 114 Å². The van der Waals surface area contributed by atoms with E-state index in [0.29, 0.717) is 29.4 Å². The number of nitrogen functional groups attached to an aromatic ring is 1. The van der Waals surface area contributed by atoms with Gasteiger partial charge in [-0.2, -0.15) is 0 Å². The molecule has 102 valence electrons. The third-order valence-corrected chi connectivity index (χ3v) is 2.92. The van der Waals surface area contributed by atoms with Crippen LogP contribution in [0.15, 0.2) is 24.9 Å². The molecule has 1 unspecified atom stereocenters. The fourth-order valence-corrected chi connectivity index (χ4v) is 1.84. The Morgan fingerprint density at radius 1 is 1.30 bits per heavy atom. The summed E-state index contributed by atoms with van der Waals surface area (Å²) in [7, 11) is 0. The number of hydrogen-bond acceptors (Lipinski definition) is 7. The van der Waals surface area contributed by atoms with Crippen molar-refractivity contribution in [3.63, 3.8) is 0 Å². The Balaban J connectivity index is 1.76. The van der Waals surface area contributed by atoms with Crippen LogP contribution in [0.25, 0.3) is 11.2 Å². The van der Waals surface area contributed by atoms with Crippen LogP contribution in [0.1, 0.15) is 24.5 Å². The van der Waals surface area contributed by atoms with Gasteiger partial charge in [-0.3, -0.25) is 9.97 Å². The molecule has 0 saturated carbocycles. The number of nitrogens with one attached hydrogen (secondary N) is 2. The number of H-pyrrole nitrogens is 1. The van der Waals surface area contributed by atoms with Crippen molar-refractivity contribution in [2.75, 3.05) is 5.73 Å². The van der Waals surface area contributed by atoms with Gasteiger partial charge in [-0.05, 0) is 6.92 Å². The SMILES string of the molecule is CC(NCc1cnccn1)c1nc(N)c2[nH]cnc2n1. The predicted octanol–water partition coefficient (Wildman–Crippen LogP) is 0.576. The highest BCUT2D eigenvalue weighted by Crippen LogP contribution is 2.16. The van der Waals surface area contributed by atoms with Gasteiger partial charge in [0.2, 0.25) is 0 Å². The molecule has 0 bridgehead atoms. The van der Waals surface area contributed by atoms with E-state index in [-0.39, 0.29) is 6.04 Å². The average Bonchev–Trinajstić information content (AvgIpc) is 2.95. The minimum atomic E-state index is -0.0691. The van der Waals surface area contributed by atoms with Gasteiger partial charge >= 0.3 is 0 Å². The number of hydrogen-bond donors (Lipinski definition) is 3. The number of rotatable bonds is 4. The van der Waals surface area contributed by atoms with E-state index in [9.17, 15) is 0 Å². The van der Waals surface area contributed by atoms with E-state index in [2.05, 4.69) is 35.2 Å². The lowest BCUT2D eigenvalue weighted by atomic mass is 10.3. The number of aromatic nitrogens is 6. The standard InChI is InChI=1S/C12H14N8/c1-7(16-5-8-4-14-2-3-15-8)11-19-10(13)9-12(20-11)18-6-17-9/h2-4,6-7,16H,5H2,1H3,(H3,13,17,18,19,20). The minimum Gasteiger partial charge on any atom is -0.382 e. The molecule has 1 atom stereocenters. The normalized spacial score (nSPS) is 12.7. The fourth-order valence-electron chi connectivity index (χ4n) is 1.84. The zero-order valence-corrected chi connectivity index (χ0v) is 10.9. The van der Waals surface area contributed by atoms with Crippen molar-refractivity contribution in [3.8, 4) is 0 Å². The molecule has 0 spiro atoms. The summed E-state index contributed by atoms with van der Waals surface area (Å²) in [5.41, 5.74) is 7.96. The van der Waals surface area contributed by atoms with E-state index in [1.54, 1.807) is 24.9 Å². The van der Waals surface area contributed by atoms with Gasteiger partial charge in [0.15, 0.2) is 11.5 Å². The minimum absolute atomic E-state index is 0.0691. The lowest BCUT2D eigenvalue weighted by molar-refractivity contribution is 0.542. The predicted molar refractivity (Wildman–Crippen MR) is 73.4 cm³/mol. The lowest BCUT2D eigenvalue weighted by Crippen LogP contribution is -2.21. The van der Waals surface area contributed by atoms with Crippen LogP contribution in [0.5, 0.6) is 0 Å². The Morgan fingerprint density at radius 2 is 2.20 bits per heavy atom. The van der Waals surface area contributed by atoms with E-state index < -0.39 is 0 Å². The molecule has 8 nitrogen and oxygen atoms in total. The van der Waals surface area contributed by atoms with E-state index in [4.69, 9.17) is 5.73 Å². The van der Waals surface area contributed by atoms with Gasteiger partial charge in [0.05, 0.1) is 18.1 Å². The van der Waals surface area contributed by atoms with Crippen molar-refractivity contribution in [3.05, 3.63) is 36.4 Å². The first-order valence-electron chi connectivity index (χ1n) is 6.19. The molecule has 8 heteroatoms. The first-order valence-corrected chi connectivity index (χ1v) is 6.19. The average molecular weight is 270 g/mol. The highest BCUT2D eigenvalue weighted by atomic mass is 15.1. The number of aromatic amines is 1. The summed E-state index contributed by atoms with van der Waals surface area (Å²) in [6.07, 6.45) is 6.57. The summed E-state index contributed by atoms with van der Waals surface area (Å²) in [4.78, 5) is 23.9. The van der Waals surface area contributed by atoms with Crippen LogP contribution in [0.2, 0.25) is 0 Å². The van der Waals surface area contributed by atoms with E-state index in [1.807, 2.05) is 6.92 Å². The lowest BCUT2D eigenvalue weighted by Gasteiger charge is -2.12. The molecule has 3 heterocycles. The molecular formula is C12H14N8. The molecule has 0 aliphatic rings. The molecule has 0 saturated heterocycles. The Morgan fingerprint density at radius 3 is 3.00 bits per heavy atom. The summed E-state index contributed by atoms with van der Waals surface area (Å²) >= 11 is 0. The Hall–Kier alpha value is -2.61. The van der Waals surface area contributed by atoms with Crippen LogP contribution in [0.3, 0.4) is 0 Å². The summed E-state index contributed by atoms with van der Waals surface area (Å²) in [6, 6.07) is -0.0691. The molecule has 0 aliphatic heterocycles. The first kappa shape index (κ1) is 12.4.